The van der Waals surface area contributed by atoms with Crippen LogP contribution < -0.4 is 4.90 Å². The van der Waals surface area contributed by atoms with Gasteiger partial charge >= 0.3 is 0 Å². The van der Waals surface area contributed by atoms with Crippen molar-refractivity contribution in [3.05, 3.63) is 188 Å². The molecule has 2 aromatic heterocycles. The average Bonchev–Trinajstić information content (AvgIpc) is 3.75. The summed E-state index contributed by atoms with van der Waals surface area (Å²) in [7, 11) is 0. The van der Waals surface area contributed by atoms with Gasteiger partial charge in [0.05, 0.1) is 0 Å². The van der Waals surface area contributed by atoms with Crippen LogP contribution in [0.25, 0.3) is 73.7 Å². The molecule has 0 bridgehead atoms. The van der Waals surface area contributed by atoms with Crippen molar-refractivity contribution in [3.8, 4) is 33.4 Å². The van der Waals surface area contributed by atoms with Gasteiger partial charge in [-0.3, -0.25) is 0 Å². The van der Waals surface area contributed by atoms with Crippen molar-refractivity contribution in [3.63, 3.8) is 0 Å². The number of hydrogen-bond donors (Lipinski definition) is 0. The van der Waals surface area contributed by atoms with E-state index in [2.05, 4.69) is 193 Å². The fourth-order valence-corrected chi connectivity index (χ4v) is 9.85. The number of benzene rings is 8. The zero-order valence-electron chi connectivity index (χ0n) is 27.7. The van der Waals surface area contributed by atoms with Gasteiger partial charge in [0, 0.05) is 57.4 Å². The molecule has 0 atom stereocenters. The number of anilines is 3. The lowest BCUT2D eigenvalue weighted by Crippen LogP contribution is -2.10. The second kappa shape index (κ2) is 12.4. The van der Waals surface area contributed by atoms with E-state index in [1.807, 2.05) is 22.7 Å². The van der Waals surface area contributed by atoms with Crippen molar-refractivity contribution in [2.45, 2.75) is 0 Å². The lowest BCUT2D eigenvalue weighted by molar-refractivity contribution is 1.28. The monoisotopic (exact) mass is 685 g/mol. The Bertz CT molecular complexity index is 2850. The Morgan fingerprint density at radius 1 is 0.294 bits per heavy atom. The summed E-state index contributed by atoms with van der Waals surface area (Å²) in [4.78, 5) is 2.38. The fourth-order valence-electron chi connectivity index (χ4n) is 7.39. The van der Waals surface area contributed by atoms with Crippen LogP contribution in [0.5, 0.6) is 0 Å². The highest BCUT2D eigenvalue weighted by Crippen LogP contribution is 2.45. The van der Waals surface area contributed by atoms with Crippen LogP contribution in [0, 0.1) is 0 Å². The normalized spacial score (nSPS) is 11.5. The molecule has 3 heteroatoms. The number of nitrogens with zero attached hydrogens (tertiary/aromatic N) is 1. The van der Waals surface area contributed by atoms with Gasteiger partial charge in [-0.25, -0.2) is 0 Å². The van der Waals surface area contributed by atoms with Crippen LogP contribution in [0.2, 0.25) is 0 Å². The number of fused-ring (bicyclic) bond motifs is 6. The van der Waals surface area contributed by atoms with E-state index >= 15 is 0 Å². The number of hydrogen-bond acceptors (Lipinski definition) is 3. The Morgan fingerprint density at radius 2 is 0.843 bits per heavy atom. The van der Waals surface area contributed by atoms with E-state index in [-0.39, 0.29) is 0 Å². The van der Waals surface area contributed by atoms with Gasteiger partial charge in [-0.15, -0.1) is 22.7 Å². The highest BCUT2D eigenvalue weighted by atomic mass is 32.1. The molecule has 0 N–H and O–H groups in total. The SMILES string of the molecule is c1ccc(-c2ccc(N(c3cccc(-c4ccccc4)c3)c3cccc(-c4cccc5c4sc4cc6sc7ccccc7c6cc45)c3)cc2)cc1. The maximum Gasteiger partial charge on any atom is 0.0467 e. The second-order valence-corrected chi connectivity index (χ2v) is 15.1. The quantitative estimate of drug-likeness (QED) is 0.168. The van der Waals surface area contributed by atoms with E-state index in [4.69, 9.17) is 0 Å². The first-order valence-corrected chi connectivity index (χ1v) is 18.9. The first-order valence-electron chi connectivity index (χ1n) is 17.2. The maximum absolute atomic E-state index is 2.42. The van der Waals surface area contributed by atoms with Crippen LogP contribution in [0.15, 0.2) is 188 Å². The largest absolute Gasteiger partial charge is 0.310 e. The van der Waals surface area contributed by atoms with E-state index < -0.39 is 0 Å². The van der Waals surface area contributed by atoms with Crippen molar-refractivity contribution in [1.29, 1.82) is 0 Å². The highest BCUT2D eigenvalue weighted by Gasteiger charge is 2.17. The van der Waals surface area contributed by atoms with E-state index in [0.717, 1.165) is 17.1 Å². The van der Waals surface area contributed by atoms with Crippen molar-refractivity contribution in [2.75, 3.05) is 4.90 Å². The Morgan fingerprint density at radius 3 is 1.61 bits per heavy atom. The summed E-state index contributed by atoms with van der Waals surface area (Å²) < 4.78 is 5.37. The predicted molar refractivity (Wildman–Crippen MR) is 223 cm³/mol. The summed E-state index contributed by atoms with van der Waals surface area (Å²) in [5.41, 5.74) is 10.6. The molecule has 0 aliphatic rings. The molecule has 1 nitrogen and oxygen atoms in total. The van der Waals surface area contributed by atoms with Crippen LogP contribution in [0.1, 0.15) is 0 Å². The van der Waals surface area contributed by atoms with E-state index in [9.17, 15) is 0 Å². The third-order valence-electron chi connectivity index (χ3n) is 9.86. The van der Waals surface area contributed by atoms with Crippen LogP contribution in [-0.2, 0) is 0 Å². The molecule has 0 amide bonds. The van der Waals surface area contributed by atoms with Gasteiger partial charge < -0.3 is 4.90 Å². The molecule has 2 heterocycles. The Kier molecular flexibility index (Phi) is 7.26. The molecule has 240 valence electrons. The van der Waals surface area contributed by atoms with Gasteiger partial charge in [0.1, 0.15) is 0 Å². The van der Waals surface area contributed by atoms with Gasteiger partial charge in [0.15, 0.2) is 0 Å². The summed E-state index contributed by atoms with van der Waals surface area (Å²) in [6, 6.07) is 68.5. The lowest BCUT2D eigenvalue weighted by Gasteiger charge is -2.27. The third kappa shape index (κ3) is 5.30. The Balaban J connectivity index is 1.11. The van der Waals surface area contributed by atoms with Gasteiger partial charge in [-0.05, 0) is 88.0 Å². The molecule has 8 aromatic carbocycles. The van der Waals surface area contributed by atoms with Gasteiger partial charge in [0.25, 0.3) is 0 Å². The van der Waals surface area contributed by atoms with Crippen molar-refractivity contribution >= 4 is 80.1 Å². The molecular weight excluding hydrogens is 655 g/mol. The summed E-state index contributed by atoms with van der Waals surface area (Å²) in [5, 5.41) is 5.35. The van der Waals surface area contributed by atoms with Crippen molar-refractivity contribution in [2.24, 2.45) is 0 Å². The molecule has 0 aliphatic carbocycles. The summed E-state index contributed by atoms with van der Waals surface area (Å²) in [5.74, 6) is 0. The molecule has 0 radical (unpaired) electrons. The standard InChI is InChI=1S/C48H31NS2/c1-3-12-32(13-4-1)34-24-26-37(27-25-34)49(38-18-9-16-35(28-38)33-14-5-2-6-15-33)39-19-10-17-36(29-39)40-21-11-22-42-44-30-43-41-20-7-8-23-45(41)50-46(43)31-47(44)51-48(40)42/h1-31H. The molecule has 0 fully saturated rings. The molecule has 0 saturated heterocycles. The Hall–Kier alpha value is -6.00. The van der Waals surface area contributed by atoms with Crippen LogP contribution >= 0.6 is 22.7 Å². The van der Waals surface area contributed by atoms with Crippen LogP contribution in [0.3, 0.4) is 0 Å². The molecule has 0 aliphatic heterocycles. The molecule has 10 rings (SSSR count). The average molecular weight is 686 g/mol. The minimum Gasteiger partial charge on any atom is -0.310 e. The first-order chi connectivity index (χ1) is 25.3. The minimum absolute atomic E-state index is 1.12. The molecule has 0 saturated carbocycles. The summed E-state index contributed by atoms with van der Waals surface area (Å²) in [6.45, 7) is 0. The summed E-state index contributed by atoms with van der Waals surface area (Å²) >= 11 is 3.80. The maximum atomic E-state index is 2.42. The zero-order valence-corrected chi connectivity index (χ0v) is 29.3. The van der Waals surface area contributed by atoms with Gasteiger partial charge in [-0.2, -0.15) is 0 Å². The van der Waals surface area contributed by atoms with Gasteiger partial charge in [-0.1, -0.05) is 133 Å². The number of rotatable bonds is 6. The fraction of sp³-hybridized carbons (Fsp3) is 0. The Labute approximate surface area is 304 Å². The van der Waals surface area contributed by atoms with E-state index in [0.29, 0.717) is 0 Å². The molecule has 0 spiro atoms. The van der Waals surface area contributed by atoms with Crippen molar-refractivity contribution in [1.82, 2.24) is 0 Å². The molecular formula is C48H31NS2. The molecule has 51 heavy (non-hydrogen) atoms. The zero-order chi connectivity index (χ0) is 33.7. The number of thiophene rings is 2. The van der Waals surface area contributed by atoms with E-state index in [1.54, 1.807) is 0 Å². The highest BCUT2D eigenvalue weighted by molar-refractivity contribution is 7.28. The molecule has 10 aromatic rings. The minimum atomic E-state index is 1.12. The van der Waals surface area contributed by atoms with Crippen LogP contribution in [0.4, 0.5) is 17.1 Å². The lowest BCUT2D eigenvalue weighted by atomic mass is 10.0. The van der Waals surface area contributed by atoms with Crippen molar-refractivity contribution < 1.29 is 0 Å². The van der Waals surface area contributed by atoms with E-state index in [1.165, 1.54) is 73.7 Å². The second-order valence-electron chi connectivity index (χ2n) is 12.9. The molecule has 0 unspecified atom stereocenters. The third-order valence-corrected chi connectivity index (χ3v) is 12.2. The predicted octanol–water partition coefficient (Wildman–Crippen LogP) is 14.9. The summed E-state index contributed by atoms with van der Waals surface area (Å²) in [6.07, 6.45) is 0. The first kappa shape index (κ1) is 29.9. The topological polar surface area (TPSA) is 3.24 Å². The smallest absolute Gasteiger partial charge is 0.0467 e. The van der Waals surface area contributed by atoms with Gasteiger partial charge in [0.2, 0.25) is 0 Å². The van der Waals surface area contributed by atoms with Crippen LogP contribution in [-0.4, -0.2) is 0 Å².